The number of nitrogens with one attached hydrogen (secondary N) is 1. The summed E-state index contributed by atoms with van der Waals surface area (Å²) in [6.07, 6.45) is 0. The number of nitrogens with two attached hydrogens (primary N) is 1. The van der Waals surface area contributed by atoms with Gasteiger partial charge in [-0.1, -0.05) is 11.3 Å². The van der Waals surface area contributed by atoms with Crippen LogP contribution in [-0.4, -0.2) is 31.0 Å². The maximum absolute atomic E-state index is 12.7. The maximum Gasteiger partial charge on any atom is 0.337 e. The van der Waals surface area contributed by atoms with Gasteiger partial charge in [-0.2, -0.15) is 0 Å². The van der Waals surface area contributed by atoms with Crippen LogP contribution in [0.2, 0.25) is 0 Å². The van der Waals surface area contributed by atoms with E-state index in [0.717, 1.165) is 11.3 Å². The summed E-state index contributed by atoms with van der Waals surface area (Å²) in [5.74, 6) is 0.213. The van der Waals surface area contributed by atoms with Crippen LogP contribution in [0.3, 0.4) is 0 Å². The molecule has 3 N–H and O–H groups in total. The predicted molar refractivity (Wildman–Crippen MR) is 104 cm³/mol. The van der Waals surface area contributed by atoms with Crippen LogP contribution in [0.15, 0.2) is 48.5 Å². The molecule has 0 aliphatic rings. The topological polar surface area (TPSA) is 104 Å². The highest BCUT2D eigenvalue weighted by Crippen LogP contribution is 2.30. The van der Waals surface area contributed by atoms with Crippen LogP contribution >= 0.6 is 11.3 Å². The van der Waals surface area contributed by atoms with E-state index in [1.165, 1.54) is 7.11 Å². The van der Waals surface area contributed by atoms with Crippen LogP contribution in [-0.2, 0) is 4.74 Å². The molecule has 138 valence electrons. The summed E-state index contributed by atoms with van der Waals surface area (Å²) >= 11 is 1.16. The van der Waals surface area contributed by atoms with Crippen molar-refractivity contribution in [2.24, 2.45) is 0 Å². The lowest BCUT2D eigenvalue weighted by Gasteiger charge is -2.03. The van der Waals surface area contributed by atoms with Gasteiger partial charge in [0.1, 0.15) is 16.4 Å². The highest BCUT2D eigenvalue weighted by molar-refractivity contribution is 7.18. The Morgan fingerprint density at radius 3 is 2.22 bits per heavy atom. The first-order chi connectivity index (χ1) is 13.0. The molecular formula is C19H17N3O4S. The minimum absolute atomic E-state index is 0.162. The van der Waals surface area contributed by atoms with Crippen LogP contribution in [0.5, 0.6) is 5.75 Å². The van der Waals surface area contributed by atoms with Crippen LogP contribution < -0.4 is 15.8 Å². The van der Waals surface area contributed by atoms with Gasteiger partial charge in [-0.15, -0.1) is 0 Å². The van der Waals surface area contributed by atoms with E-state index in [1.54, 1.807) is 55.6 Å². The molecule has 7 nitrogen and oxygen atoms in total. The summed E-state index contributed by atoms with van der Waals surface area (Å²) in [5.41, 5.74) is 7.57. The number of thiazole rings is 1. The normalized spacial score (nSPS) is 10.3. The van der Waals surface area contributed by atoms with E-state index in [-0.39, 0.29) is 11.6 Å². The zero-order chi connectivity index (χ0) is 19.4. The van der Waals surface area contributed by atoms with Crippen molar-refractivity contribution < 1.29 is 19.1 Å². The fraction of sp³-hybridized carbons (Fsp3) is 0.105. The SMILES string of the molecule is COC(=O)c1ccc(Nc2nc(N)c(C(=O)c3ccc(OC)cc3)s2)cc1. The second kappa shape index (κ2) is 7.88. The monoisotopic (exact) mass is 383 g/mol. The predicted octanol–water partition coefficient (Wildman–Crippen LogP) is 3.50. The number of anilines is 3. The summed E-state index contributed by atoms with van der Waals surface area (Å²) < 4.78 is 9.76. The molecule has 2 aromatic carbocycles. The number of nitrogens with zero attached hydrogens (tertiary/aromatic N) is 1. The van der Waals surface area contributed by atoms with E-state index in [1.807, 2.05) is 0 Å². The molecule has 0 saturated heterocycles. The maximum atomic E-state index is 12.7. The van der Waals surface area contributed by atoms with E-state index in [2.05, 4.69) is 15.0 Å². The van der Waals surface area contributed by atoms with E-state index in [0.29, 0.717) is 32.6 Å². The zero-order valence-electron chi connectivity index (χ0n) is 14.7. The van der Waals surface area contributed by atoms with Crippen molar-refractivity contribution in [3.63, 3.8) is 0 Å². The van der Waals surface area contributed by atoms with E-state index >= 15 is 0 Å². The van der Waals surface area contributed by atoms with Gasteiger partial charge < -0.3 is 20.5 Å². The van der Waals surface area contributed by atoms with Gasteiger partial charge >= 0.3 is 5.97 Å². The smallest absolute Gasteiger partial charge is 0.337 e. The van der Waals surface area contributed by atoms with E-state index in [4.69, 9.17) is 10.5 Å². The standard InChI is InChI=1S/C19H17N3O4S/c1-25-14-9-5-11(6-10-14)15(23)16-17(20)22-19(27-16)21-13-7-3-12(4-8-13)18(24)26-2/h3-10H,20H2,1-2H3,(H,21,22). The highest BCUT2D eigenvalue weighted by atomic mass is 32.1. The van der Waals surface area contributed by atoms with Crippen LogP contribution in [0, 0.1) is 0 Å². The van der Waals surface area contributed by atoms with Gasteiger partial charge in [0.25, 0.3) is 0 Å². The van der Waals surface area contributed by atoms with Crippen molar-refractivity contribution in [2.75, 3.05) is 25.3 Å². The third-order valence-electron chi connectivity index (χ3n) is 3.77. The van der Waals surface area contributed by atoms with Gasteiger partial charge in [0.2, 0.25) is 5.78 Å². The second-order valence-corrected chi connectivity index (χ2v) is 6.48. The Labute approximate surface area is 159 Å². The van der Waals surface area contributed by atoms with Crippen LogP contribution in [0.1, 0.15) is 25.6 Å². The molecule has 0 aliphatic carbocycles. The quantitative estimate of drug-likeness (QED) is 0.496. The number of rotatable bonds is 6. The first-order valence-electron chi connectivity index (χ1n) is 7.92. The molecule has 0 bridgehead atoms. The van der Waals surface area contributed by atoms with Crippen molar-refractivity contribution in [1.29, 1.82) is 0 Å². The molecule has 0 atom stereocenters. The summed E-state index contributed by atoms with van der Waals surface area (Å²) in [6.45, 7) is 0. The summed E-state index contributed by atoms with van der Waals surface area (Å²) in [5, 5.41) is 3.56. The molecule has 0 fully saturated rings. The number of aromatic nitrogens is 1. The lowest BCUT2D eigenvalue weighted by Crippen LogP contribution is -2.02. The van der Waals surface area contributed by atoms with Gasteiger partial charge in [0.15, 0.2) is 5.13 Å². The Morgan fingerprint density at radius 1 is 1.00 bits per heavy atom. The summed E-state index contributed by atoms with van der Waals surface area (Å²) in [4.78, 5) is 28.7. The molecule has 0 saturated carbocycles. The third kappa shape index (κ3) is 4.06. The summed E-state index contributed by atoms with van der Waals surface area (Å²) in [7, 11) is 2.89. The largest absolute Gasteiger partial charge is 0.497 e. The fourth-order valence-electron chi connectivity index (χ4n) is 2.35. The number of carbonyl (C=O) groups is 2. The number of ether oxygens (including phenoxy) is 2. The molecule has 27 heavy (non-hydrogen) atoms. The third-order valence-corrected chi connectivity index (χ3v) is 4.75. The molecule has 0 spiro atoms. The molecule has 1 heterocycles. The average molecular weight is 383 g/mol. The minimum atomic E-state index is -0.410. The number of ketones is 1. The van der Waals surface area contributed by atoms with Gasteiger partial charge in [0.05, 0.1) is 19.8 Å². The van der Waals surface area contributed by atoms with Crippen molar-refractivity contribution in [2.45, 2.75) is 0 Å². The molecule has 3 rings (SSSR count). The van der Waals surface area contributed by atoms with Crippen molar-refractivity contribution in [3.05, 3.63) is 64.5 Å². The first kappa shape index (κ1) is 18.4. The molecule has 8 heteroatoms. The number of esters is 1. The highest BCUT2D eigenvalue weighted by Gasteiger charge is 2.18. The van der Waals surface area contributed by atoms with Crippen molar-refractivity contribution in [1.82, 2.24) is 4.98 Å². The number of nitrogen functional groups attached to an aromatic ring is 1. The van der Waals surface area contributed by atoms with Gasteiger partial charge in [-0.3, -0.25) is 4.79 Å². The molecule has 3 aromatic rings. The molecule has 1 aromatic heterocycles. The first-order valence-corrected chi connectivity index (χ1v) is 8.74. The van der Waals surface area contributed by atoms with Gasteiger partial charge in [-0.25, -0.2) is 9.78 Å². The van der Waals surface area contributed by atoms with Crippen molar-refractivity contribution in [3.8, 4) is 5.75 Å². The Morgan fingerprint density at radius 2 is 1.63 bits per heavy atom. The Bertz CT molecular complexity index is 966. The number of carbonyl (C=O) groups excluding carboxylic acids is 2. The van der Waals surface area contributed by atoms with Gasteiger partial charge in [-0.05, 0) is 48.5 Å². The van der Waals surface area contributed by atoms with Crippen molar-refractivity contribution >= 4 is 39.7 Å². The molecule has 0 aliphatic heterocycles. The number of benzene rings is 2. The fourth-order valence-corrected chi connectivity index (χ4v) is 3.22. The Hall–Kier alpha value is -3.39. The molecular weight excluding hydrogens is 366 g/mol. The average Bonchev–Trinajstić information content (AvgIpc) is 3.07. The van der Waals surface area contributed by atoms with Crippen LogP contribution in [0.4, 0.5) is 16.6 Å². The lowest BCUT2D eigenvalue weighted by atomic mass is 10.1. The minimum Gasteiger partial charge on any atom is -0.497 e. The van der Waals surface area contributed by atoms with E-state index in [9.17, 15) is 9.59 Å². The lowest BCUT2D eigenvalue weighted by molar-refractivity contribution is 0.0600. The number of methoxy groups -OCH3 is 2. The second-order valence-electron chi connectivity index (χ2n) is 5.48. The Balaban J connectivity index is 1.77. The molecule has 0 unspecified atom stereocenters. The molecule has 0 radical (unpaired) electrons. The summed E-state index contributed by atoms with van der Waals surface area (Å²) in [6, 6.07) is 13.5. The number of hydrogen-bond acceptors (Lipinski definition) is 8. The zero-order valence-corrected chi connectivity index (χ0v) is 15.5. The van der Waals surface area contributed by atoms with Crippen LogP contribution in [0.25, 0.3) is 0 Å². The molecule has 0 amide bonds. The van der Waals surface area contributed by atoms with Gasteiger partial charge in [0, 0.05) is 11.3 Å². The van der Waals surface area contributed by atoms with E-state index < -0.39 is 5.97 Å². The Kier molecular flexibility index (Phi) is 5.37. The number of hydrogen-bond donors (Lipinski definition) is 2.